The lowest BCUT2D eigenvalue weighted by molar-refractivity contribution is -0.383. The van der Waals surface area contributed by atoms with Crippen LogP contribution >= 0.6 is 0 Å². The number of rotatable bonds is 6. The van der Waals surface area contributed by atoms with E-state index >= 15 is 0 Å². The van der Waals surface area contributed by atoms with Crippen LogP contribution in [0.3, 0.4) is 0 Å². The largest absolute Gasteiger partial charge is 0.353 e. The molecular formula is C20H26N8O2. The fraction of sp³-hybridized carbons (Fsp3) is 0.450. The second-order valence-corrected chi connectivity index (χ2v) is 7.36. The summed E-state index contributed by atoms with van der Waals surface area (Å²) in [5.74, 6) is 1.74. The van der Waals surface area contributed by atoms with E-state index in [1.807, 2.05) is 34.1 Å². The fourth-order valence-corrected chi connectivity index (χ4v) is 4.00. The van der Waals surface area contributed by atoms with Crippen molar-refractivity contribution in [3.8, 4) is 0 Å². The van der Waals surface area contributed by atoms with Crippen molar-refractivity contribution in [1.29, 1.82) is 0 Å². The van der Waals surface area contributed by atoms with Gasteiger partial charge >= 0.3 is 5.69 Å². The van der Waals surface area contributed by atoms with Gasteiger partial charge in [0.05, 0.1) is 4.92 Å². The minimum atomic E-state index is -0.341. The summed E-state index contributed by atoms with van der Waals surface area (Å²) in [5, 5.41) is 12.0. The number of piperazine rings is 2. The fourth-order valence-electron chi connectivity index (χ4n) is 4.00. The third-order valence-corrected chi connectivity index (χ3v) is 5.58. The average Bonchev–Trinajstić information content (AvgIpc) is 2.80. The third-order valence-electron chi connectivity index (χ3n) is 5.58. The van der Waals surface area contributed by atoms with E-state index in [4.69, 9.17) is 0 Å². The lowest BCUT2D eigenvalue weighted by atomic mass is 10.2. The summed E-state index contributed by atoms with van der Waals surface area (Å²) >= 11 is 0. The van der Waals surface area contributed by atoms with Gasteiger partial charge in [-0.05, 0) is 12.1 Å². The van der Waals surface area contributed by atoms with Gasteiger partial charge in [-0.15, -0.1) is 6.58 Å². The van der Waals surface area contributed by atoms with E-state index in [1.165, 1.54) is 6.33 Å². The molecule has 2 aromatic rings. The Morgan fingerprint density at radius 1 is 0.933 bits per heavy atom. The summed E-state index contributed by atoms with van der Waals surface area (Å²) in [5.41, 5.74) is 0.000886. The molecule has 2 aromatic heterocycles. The summed E-state index contributed by atoms with van der Waals surface area (Å²) in [4.78, 5) is 33.1. The molecule has 0 saturated carbocycles. The molecular weight excluding hydrogens is 384 g/mol. The molecule has 2 saturated heterocycles. The molecule has 10 heteroatoms. The highest BCUT2D eigenvalue weighted by Crippen LogP contribution is 2.35. The molecule has 0 aromatic carbocycles. The number of pyridine rings is 1. The van der Waals surface area contributed by atoms with Crippen molar-refractivity contribution >= 4 is 23.1 Å². The van der Waals surface area contributed by atoms with Crippen LogP contribution in [0, 0.1) is 10.1 Å². The van der Waals surface area contributed by atoms with E-state index in [9.17, 15) is 10.1 Å². The number of hydrogen-bond acceptors (Lipinski definition) is 9. The average molecular weight is 410 g/mol. The zero-order chi connectivity index (χ0) is 20.9. The van der Waals surface area contributed by atoms with Crippen LogP contribution in [0.25, 0.3) is 0 Å². The van der Waals surface area contributed by atoms with Crippen LogP contribution < -0.4 is 14.7 Å². The van der Waals surface area contributed by atoms with Gasteiger partial charge in [-0.3, -0.25) is 15.0 Å². The number of anilines is 3. The van der Waals surface area contributed by atoms with Crippen LogP contribution in [-0.2, 0) is 0 Å². The van der Waals surface area contributed by atoms with Crippen molar-refractivity contribution in [1.82, 2.24) is 19.9 Å². The second kappa shape index (κ2) is 9.04. The van der Waals surface area contributed by atoms with Crippen LogP contribution in [0.2, 0.25) is 0 Å². The smallest absolute Gasteiger partial charge is 0.353 e. The standard InChI is InChI=1S/C20H26N8O2/c1-2-7-24-8-10-26(11-9-24)19-18(28(29)30)20(23-16-22-19)27-14-12-25(13-15-27)17-5-3-4-6-21-17/h2-6,16H,1,7-15H2. The van der Waals surface area contributed by atoms with Gasteiger partial charge in [0.25, 0.3) is 0 Å². The Hall–Kier alpha value is -3.27. The van der Waals surface area contributed by atoms with Crippen molar-refractivity contribution in [2.75, 3.05) is 73.6 Å². The van der Waals surface area contributed by atoms with Gasteiger partial charge in [-0.2, -0.15) is 0 Å². The molecule has 4 rings (SSSR count). The Bertz CT molecular complexity index is 878. The van der Waals surface area contributed by atoms with Crippen LogP contribution in [-0.4, -0.2) is 83.7 Å². The van der Waals surface area contributed by atoms with Gasteiger partial charge in [-0.1, -0.05) is 12.1 Å². The molecule has 2 aliphatic rings. The van der Waals surface area contributed by atoms with Gasteiger partial charge in [0, 0.05) is 65.1 Å². The molecule has 30 heavy (non-hydrogen) atoms. The number of hydrogen-bond donors (Lipinski definition) is 0. The quantitative estimate of drug-likeness (QED) is 0.398. The third kappa shape index (κ3) is 4.18. The molecule has 0 atom stereocenters. The zero-order valence-corrected chi connectivity index (χ0v) is 16.9. The van der Waals surface area contributed by atoms with Gasteiger partial charge in [0.1, 0.15) is 12.1 Å². The van der Waals surface area contributed by atoms with Crippen molar-refractivity contribution in [2.45, 2.75) is 0 Å². The van der Waals surface area contributed by atoms with Crippen molar-refractivity contribution < 1.29 is 4.92 Å². The molecule has 0 N–H and O–H groups in total. The van der Waals surface area contributed by atoms with Crippen LogP contribution in [0.15, 0.2) is 43.4 Å². The van der Waals surface area contributed by atoms with Crippen LogP contribution in [0.1, 0.15) is 0 Å². The van der Waals surface area contributed by atoms with E-state index in [0.29, 0.717) is 37.8 Å². The van der Waals surface area contributed by atoms with Gasteiger partial charge in [0.2, 0.25) is 11.6 Å². The van der Waals surface area contributed by atoms with Crippen LogP contribution in [0.5, 0.6) is 0 Å². The lowest BCUT2D eigenvalue weighted by Gasteiger charge is -2.37. The summed E-state index contributed by atoms with van der Waals surface area (Å²) in [7, 11) is 0. The second-order valence-electron chi connectivity index (χ2n) is 7.36. The molecule has 2 aliphatic heterocycles. The van der Waals surface area contributed by atoms with E-state index in [2.05, 4.69) is 31.3 Å². The van der Waals surface area contributed by atoms with Crippen LogP contribution in [0.4, 0.5) is 23.1 Å². The monoisotopic (exact) mass is 410 g/mol. The zero-order valence-electron chi connectivity index (χ0n) is 16.9. The summed E-state index contributed by atoms with van der Waals surface area (Å²) in [6.07, 6.45) is 5.10. The van der Waals surface area contributed by atoms with E-state index in [0.717, 1.165) is 38.5 Å². The summed E-state index contributed by atoms with van der Waals surface area (Å²) < 4.78 is 0. The number of nitro groups is 1. The van der Waals surface area contributed by atoms with Crippen molar-refractivity contribution in [3.05, 3.63) is 53.5 Å². The normalized spacial score (nSPS) is 17.8. The molecule has 0 unspecified atom stereocenters. The first-order valence-corrected chi connectivity index (χ1v) is 10.2. The Morgan fingerprint density at radius 2 is 1.53 bits per heavy atom. The Balaban J connectivity index is 1.51. The Labute approximate surface area is 175 Å². The minimum absolute atomic E-state index is 0.000886. The van der Waals surface area contributed by atoms with Gasteiger partial charge in [0.15, 0.2) is 0 Å². The highest BCUT2D eigenvalue weighted by molar-refractivity contribution is 5.71. The molecule has 2 fully saturated rings. The topological polar surface area (TPSA) is 94.8 Å². The molecule has 158 valence electrons. The summed E-state index contributed by atoms with van der Waals surface area (Å²) in [6, 6.07) is 5.83. The van der Waals surface area contributed by atoms with E-state index < -0.39 is 0 Å². The molecule has 10 nitrogen and oxygen atoms in total. The van der Waals surface area contributed by atoms with Crippen molar-refractivity contribution in [3.63, 3.8) is 0 Å². The van der Waals surface area contributed by atoms with Gasteiger partial charge < -0.3 is 14.7 Å². The SMILES string of the molecule is C=CCN1CCN(c2ncnc(N3CCN(c4ccccn4)CC3)c2[N+](=O)[O-])CC1. The first kappa shape index (κ1) is 20.0. The summed E-state index contributed by atoms with van der Waals surface area (Å²) in [6.45, 7) is 10.4. The maximum Gasteiger partial charge on any atom is 0.353 e. The highest BCUT2D eigenvalue weighted by Gasteiger charge is 2.32. The molecule has 0 amide bonds. The predicted octanol–water partition coefficient (Wildman–Crippen LogP) is 1.41. The van der Waals surface area contributed by atoms with Gasteiger partial charge in [-0.25, -0.2) is 15.0 Å². The maximum absolute atomic E-state index is 12.0. The first-order valence-electron chi connectivity index (χ1n) is 10.2. The molecule has 0 spiro atoms. The minimum Gasteiger partial charge on any atom is -0.353 e. The van der Waals surface area contributed by atoms with Crippen molar-refractivity contribution in [2.24, 2.45) is 0 Å². The van der Waals surface area contributed by atoms with E-state index in [-0.39, 0.29) is 10.6 Å². The molecule has 0 bridgehead atoms. The number of aromatic nitrogens is 3. The first-order chi connectivity index (χ1) is 14.7. The highest BCUT2D eigenvalue weighted by atomic mass is 16.6. The molecule has 4 heterocycles. The lowest BCUT2D eigenvalue weighted by Crippen LogP contribution is -2.48. The number of nitrogens with zero attached hydrogens (tertiary/aromatic N) is 8. The Morgan fingerprint density at radius 3 is 2.07 bits per heavy atom. The molecule has 0 aliphatic carbocycles. The Kier molecular flexibility index (Phi) is 6.03. The molecule has 0 radical (unpaired) electrons. The maximum atomic E-state index is 12.0. The van der Waals surface area contributed by atoms with E-state index in [1.54, 1.807) is 6.20 Å². The predicted molar refractivity (Wildman–Crippen MR) is 116 cm³/mol.